The van der Waals surface area contributed by atoms with Gasteiger partial charge in [-0.15, -0.1) is 0 Å². The van der Waals surface area contributed by atoms with Crippen LogP contribution in [0.25, 0.3) is 0 Å². The maximum Gasteiger partial charge on any atom is 0.219 e. The van der Waals surface area contributed by atoms with Gasteiger partial charge in [-0.2, -0.15) is 0 Å². The molecule has 3 nitrogen and oxygen atoms in total. The third-order valence-corrected chi connectivity index (χ3v) is 2.94. The number of carbonyl (C=O) groups is 1. The van der Waals surface area contributed by atoms with Gasteiger partial charge >= 0.3 is 0 Å². The van der Waals surface area contributed by atoms with Gasteiger partial charge in [-0.05, 0) is 38.3 Å². The van der Waals surface area contributed by atoms with Crippen LogP contribution in [-0.2, 0) is 4.79 Å². The molecule has 0 aromatic rings. The first-order valence-corrected chi connectivity index (χ1v) is 5.74. The van der Waals surface area contributed by atoms with Crippen LogP contribution < -0.4 is 10.6 Å². The third kappa shape index (κ3) is 4.61. The first kappa shape index (κ1) is 11.5. The lowest BCUT2D eigenvalue weighted by atomic mass is 10.1. The van der Waals surface area contributed by atoms with Crippen molar-refractivity contribution in [3.05, 3.63) is 0 Å². The molecule has 1 fully saturated rings. The van der Waals surface area contributed by atoms with Crippen LogP contribution >= 0.6 is 0 Å². The van der Waals surface area contributed by atoms with Crippen molar-refractivity contribution in [2.75, 3.05) is 20.1 Å². The summed E-state index contributed by atoms with van der Waals surface area (Å²) in [5, 5.41) is 6.06. The summed E-state index contributed by atoms with van der Waals surface area (Å²) < 4.78 is 0. The van der Waals surface area contributed by atoms with Crippen LogP contribution in [0.4, 0.5) is 0 Å². The average molecular weight is 198 g/mol. The van der Waals surface area contributed by atoms with Crippen LogP contribution in [0.1, 0.15) is 38.5 Å². The largest absolute Gasteiger partial charge is 0.359 e. The molecule has 1 rings (SSSR count). The third-order valence-electron chi connectivity index (χ3n) is 2.94. The molecule has 1 aliphatic carbocycles. The van der Waals surface area contributed by atoms with Crippen LogP contribution in [0.5, 0.6) is 0 Å². The fraction of sp³-hybridized carbons (Fsp3) is 0.909. The van der Waals surface area contributed by atoms with Crippen molar-refractivity contribution in [2.24, 2.45) is 5.92 Å². The second-order valence-corrected chi connectivity index (χ2v) is 4.13. The molecule has 1 amide bonds. The Morgan fingerprint density at radius 2 is 2.07 bits per heavy atom. The number of carbonyl (C=O) groups excluding carboxylic acids is 1. The molecule has 0 aromatic heterocycles. The minimum atomic E-state index is 0.146. The summed E-state index contributed by atoms with van der Waals surface area (Å²) in [5.74, 6) is 1.04. The van der Waals surface area contributed by atoms with Gasteiger partial charge in [-0.25, -0.2) is 0 Å². The Balaban J connectivity index is 1.86. The minimum absolute atomic E-state index is 0.146. The normalized spacial score (nSPS) is 17.2. The second kappa shape index (κ2) is 6.82. The molecule has 0 spiro atoms. The van der Waals surface area contributed by atoms with Gasteiger partial charge in [0.05, 0.1) is 0 Å². The zero-order chi connectivity index (χ0) is 10.2. The molecule has 0 aliphatic heterocycles. The molecule has 0 saturated heterocycles. The summed E-state index contributed by atoms with van der Waals surface area (Å²) >= 11 is 0. The Bertz CT molecular complexity index is 165. The van der Waals surface area contributed by atoms with Gasteiger partial charge in [0, 0.05) is 13.5 Å². The lowest BCUT2D eigenvalue weighted by molar-refractivity contribution is -0.120. The molecule has 2 N–H and O–H groups in total. The predicted molar refractivity (Wildman–Crippen MR) is 58.1 cm³/mol. The summed E-state index contributed by atoms with van der Waals surface area (Å²) in [6.07, 6.45) is 7.20. The average Bonchev–Trinajstić information content (AvgIpc) is 2.69. The van der Waals surface area contributed by atoms with Crippen molar-refractivity contribution >= 4 is 5.91 Å². The summed E-state index contributed by atoms with van der Waals surface area (Å²) in [5.41, 5.74) is 0. The number of nitrogens with one attached hydrogen (secondary N) is 2. The molecule has 0 aromatic carbocycles. The summed E-state index contributed by atoms with van der Waals surface area (Å²) in [6.45, 7) is 2.12. The van der Waals surface area contributed by atoms with E-state index in [1.165, 1.54) is 25.7 Å². The van der Waals surface area contributed by atoms with Crippen molar-refractivity contribution in [3.8, 4) is 0 Å². The number of hydrogen-bond donors (Lipinski definition) is 2. The molecule has 0 atom stereocenters. The Hall–Kier alpha value is -0.570. The van der Waals surface area contributed by atoms with Crippen molar-refractivity contribution in [2.45, 2.75) is 38.5 Å². The zero-order valence-corrected chi connectivity index (χ0v) is 9.14. The van der Waals surface area contributed by atoms with Crippen LogP contribution in [0.3, 0.4) is 0 Å². The highest BCUT2D eigenvalue weighted by molar-refractivity contribution is 5.75. The lowest BCUT2D eigenvalue weighted by Crippen LogP contribution is -2.24. The van der Waals surface area contributed by atoms with Gasteiger partial charge in [-0.1, -0.05) is 12.8 Å². The maximum atomic E-state index is 10.9. The van der Waals surface area contributed by atoms with E-state index in [4.69, 9.17) is 0 Å². The molecule has 0 unspecified atom stereocenters. The molecule has 1 aliphatic rings. The smallest absolute Gasteiger partial charge is 0.219 e. The highest BCUT2D eigenvalue weighted by Gasteiger charge is 2.13. The highest BCUT2D eigenvalue weighted by Crippen LogP contribution is 2.23. The van der Waals surface area contributed by atoms with Gasteiger partial charge in [-0.3, -0.25) is 4.79 Å². The van der Waals surface area contributed by atoms with Crippen LogP contribution in [0, 0.1) is 5.92 Å². The van der Waals surface area contributed by atoms with E-state index in [0.29, 0.717) is 6.42 Å². The molecule has 0 radical (unpaired) electrons. The predicted octanol–water partition coefficient (Wildman–Crippen LogP) is 1.29. The van der Waals surface area contributed by atoms with E-state index in [9.17, 15) is 4.79 Å². The van der Waals surface area contributed by atoms with E-state index >= 15 is 0 Å². The monoisotopic (exact) mass is 198 g/mol. The molecule has 0 bridgehead atoms. The Kier molecular flexibility index (Phi) is 5.60. The SMILES string of the molecule is CNC(=O)CCCNCC1CCCC1. The summed E-state index contributed by atoms with van der Waals surface area (Å²) in [6, 6.07) is 0. The molecule has 82 valence electrons. The van der Waals surface area contributed by atoms with Crippen LogP contribution in [0.2, 0.25) is 0 Å². The molecular weight excluding hydrogens is 176 g/mol. The Morgan fingerprint density at radius 1 is 1.36 bits per heavy atom. The van der Waals surface area contributed by atoms with E-state index in [2.05, 4.69) is 10.6 Å². The minimum Gasteiger partial charge on any atom is -0.359 e. The quantitative estimate of drug-likeness (QED) is 0.631. The number of hydrogen-bond acceptors (Lipinski definition) is 2. The van der Waals surface area contributed by atoms with Crippen molar-refractivity contribution in [1.82, 2.24) is 10.6 Å². The van der Waals surface area contributed by atoms with Crippen molar-refractivity contribution < 1.29 is 4.79 Å². The topological polar surface area (TPSA) is 41.1 Å². The second-order valence-electron chi connectivity index (χ2n) is 4.13. The van der Waals surface area contributed by atoms with E-state index in [0.717, 1.165) is 25.4 Å². The van der Waals surface area contributed by atoms with E-state index in [-0.39, 0.29) is 5.91 Å². The van der Waals surface area contributed by atoms with E-state index in [1.807, 2.05) is 0 Å². The van der Waals surface area contributed by atoms with E-state index in [1.54, 1.807) is 7.05 Å². The molecule has 0 heterocycles. The zero-order valence-electron chi connectivity index (χ0n) is 9.14. The fourth-order valence-corrected chi connectivity index (χ4v) is 2.02. The Labute approximate surface area is 86.6 Å². The first-order valence-electron chi connectivity index (χ1n) is 5.74. The van der Waals surface area contributed by atoms with E-state index < -0.39 is 0 Å². The van der Waals surface area contributed by atoms with Crippen molar-refractivity contribution in [1.29, 1.82) is 0 Å². The standard InChI is InChI=1S/C11H22N2O/c1-12-11(14)7-4-8-13-9-10-5-2-3-6-10/h10,13H,2-9H2,1H3,(H,12,14). The molecule has 14 heavy (non-hydrogen) atoms. The highest BCUT2D eigenvalue weighted by atomic mass is 16.1. The molecule has 1 saturated carbocycles. The fourth-order valence-electron chi connectivity index (χ4n) is 2.02. The Morgan fingerprint density at radius 3 is 2.71 bits per heavy atom. The summed E-state index contributed by atoms with van der Waals surface area (Å²) in [4.78, 5) is 10.9. The first-order chi connectivity index (χ1) is 6.83. The molecular formula is C11H22N2O. The van der Waals surface area contributed by atoms with Gasteiger partial charge in [0.1, 0.15) is 0 Å². The molecule has 3 heteroatoms. The van der Waals surface area contributed by atoms with Crippen LogP contribution in [0.15, 0.2) is 0 Å². The summed E-state index contributed by atoms with van der Waals surface area (Å²) in [7, 11) is 1.69. The van der Waals surface area contributed by atoms with Gasteiger partial charge < -0.3 is 10.6 Å². The number of amides is 1. The van der Waals surface area contributed by atoms with Gasteiger partial charge in [0.15, 0.2) is 0 Å². The van der Waals surface area contributed by atoms with Gasteiger partial charge in [0.2, 0.25) is 5.91 Å². The maximum absolute atomic E-state index is 10.9. The van der Waals surface area contributed by atoms with Crippen LogP contribution in [-0.4, -0.2) is 26.0 Å². The van der Waals surface area contributed by atoms with Gasteiger partial charge in [0.25, 0.3) is 0 Å². The lowest BCUT2D eigenvalue weighted by Gasteiger charge is -2.09. The number of rotatable bonds is 6. The van der Waals surface area contributed by atoms with Crippen molar-refractivity contribution in [3.63, 3.8) is 0 Å².